The molecule has 0 aliphatic heterocycles. The first kappa shape index (κ1) is 16.8. The summed E-state index contributed by atoms with van der Waals surface area (Å²) in [5.41, 5.74) is 1.79. The fraction of sp³-hybridized carbons (Fsp3) is 0.294. The largest absolute Gasteiger partial charge is 0.459 e. The van der Waals surface area contributed by atoms with Crippen LogP contribution in [-0.4, -0.2) is 29.6 Å². The molecule has 0 fully saturated rings. The van der Waals surface area contributed by atoms with Gasteiger partial charge in [-0.2, -0.15) is 0 Å². The van der Waals surface area contributed by atoms with Crippen molar-refractivity contribution in [3.05, 3.63) is 53.5 Å². The number of anilines is 1. The van der Waals surface area contributed by atoms with Crippen LogP contribution >= 0.6 is 0 Å². The summed E-state index contributed by atoms with van der Waals surface area (Å²) in [7, 11) is 0. The molecule has 0 saturated heterocycles. The summed E-state index contributed by atoms with van der Waals surface area (Å²) in [6.07, 6.45) is 2.11. The lowest BCUT2D eigenvalue weighted by molar-refractivity contribution is 0.0914. The van der Waals surface area contributed by atoms with Gasteiger partial charge >= 0.3 is 0 Å². The topological polar surface area (TPSA) is 91.6 Å². The number of hydrogen-bond acceptors (Lipinski definition) is 4. The zero-order chi connectivity index (χ0) is 16.8. The smallest absolute Gasteiger partial charge is 0.291 e. The molecule has 0 spiro atoms. The average molecular weight is 316 g/mol. The molecule has 1 heterocycles. The Labute approximate surface area is 134 Å². The second kappa shape index (κ2) is 7.60. The summed E-state index contributed by atoms with van der Waals surface area (Å²) in [6.45, 7) is 3.58. The number of aliphatic hydroxyl groups is 1. The van der Waals surface area contributed by atoms with Crippen LogP contribution in [0.5, 0.6) is 0 Å². The summed E-state index contributed by atoms with van der Waals surface area (Å²) in [4.78, 5) is 24.0. The number of carbonyl (C=O) groups is 2. The highest BCUT2D eigenvalue weighted by atomic mass is 16.3. The van der Waals surface area contributed by atoms with E-state index in [1.54, 1.807) is 37.3 Å². The van der Waals surface area contributed by atoms with Crippen molar-refractivity contribution in [1.82, 2.24) is 5.32 Å². The van der Waals surface area contributed by atoms with E-state index in [1.807, 2.05) is 6.92 Å². The van der Waals surface area contributed by atoms with Crippen molar-refractivity contribution >= 4 is 17.5 Å². The van der Waals surface area contributed by atoms with Crippen LogP contribution in [-0.2, 0) is 0 Å². The van der Waals surface area contributed by atoms with Crippen molar-refractivity contribution in [2.45, 2.75) is 26.3 Å². The fourth-order valence-corrected chi connectivity index (χ4v) is 2.04. The van der Waals surface area contributed by atoms with Gasteiger partial charge in [-0.15, -0.1) is 0 Å². The quantitative estimate of drug-likeness (QED) is 0.763. The summed E-state index contributed by atoms with van der Waals surface area (Å²) in [6, 6.07) is 7.97. The molecule has 3 N–H and O–H groups in total. The van der Waals surface area contributed by atoms with E-state index in [-0.39, 0.29) is 30.2 Å². The standard InChI is InChI=1S/C17H20N2O4/c1-3-13(10-20)18-16(21)12-4-6-14(7-5-12)19-17(22)15-11(2)8-9-23-15/h4-9,13,20H,3,10H2,1-2H3,(H,18,21)(H,19,22). The molecule has 0 saturated carbocycles. The first-order valence-corrected chi connectivity index (χ1v) is 7.42. The molecule has 1 aromatic carbocycles. The van der Waals surface area contributed by atoms with Crippen LogP contribution in [0.4, 0.5) is 5.69 Å². The van der Waals surface area contributed by atoms with Crippen LogP contribution < -0.4 is 10.6 Å². The molecule has 0 radical (unpaired) electrons. The molecule has 0 aliphatic rings. The number of nitrogens with one attached hydrogen (secondary N) is 2. The maximum absolute atomic E-state index is 12.0. The molecule has 0 aliphatic carbocycles. The Morgan fingerprint density at radius 1 is 1.17 bits per heavy atom. The number of hydrogen-bond donors (Lipinski definition) is 3. The van der Waals surface area contributed by atoms with E-state index in [4.69, 9.17) is 9.52 Å². The summed E-state index contributed by atoms with van der Waals surface area (Å²) >= 11 is 0. The Morgan fingerprint density at radius 2 is 1.87 bits per heavy atom. The van der Waals surface area contributed by atoms with Gasteiger partial charge in [-0.05, 0) is 43.7 Å². The van der Waals surface area contributed by atoms with E-state index in [0.717, 1.165) is 5.56 Å². The highest BCUT2D eigenvalue weighted by molar-refractivity contribution is 6.03. The van der Waals surface area contributed by atoms with Gasteiger partial charge in [0.05, 0.1) is 18.9 Å². The molecule has 2 aromatic rings. The van der Waals surface area contributed by atoms with Crippen molar-refractivity contribution in [1.29, 1.82) is 0 Å². The highest BCUT2D eigenvalue weighted by Crippen LogP contribution is 2.14. The lowest BCUT2D eigenvalue weighted by Gasteiger charge is -2.14. The normalized spacial score (nSPS) is 11.8. The molecular weight excluding hydrogens is 296 g/mol. The SMILES string of the molecule is CCC(CO)NC(=O)c1ccc(NC(=O)c2occc2C)cc1. The van der Waals surface area contributed by atoms with Crippen molar-refractivity contribution in [2.75, 3.05) is 11.9 Å². The molecule has 1 unspecified atom stereocenters. The first-order chi connectivity index (χ1) is 11.0. The monoisotopic (exact) mass is 316 g/mol. The Hall–Kier alpha value is -2.60. The van der Waals surface area contributed by atoms with E-state index in [9.17, 15) is 9.59 Å². The minimum Gasteiger partial charge on any atom is -0.459 e. The maximum Gasteiger partial charge on any atom is 0.291 e. The van der Waals surface area contributed by atoms with Crippen LogP contribution in [0.1, 0.15) is 39.8 Å². The summed E-state index contributed by atoms with van der Waals surface area (Å²) in [5, 5.41) is 14.5. The third-order valence-electron chi connectivity index (χ3n) is 3.52. The summed E-state index contributed by atoms with van der Waals surface area (Å²) in [5.74, 6) is -0.331. The number of benzene rings is 1. The lowest BCUT2D eigenvalue weighted by atomic mass is 10.1. The molecule has 0 bridgehead atoms. The second-order valence-corrected chi connectivity index (χ2v) is 5.23. The van der Waals surface area contributed by atoms with E-state index in [2.05, 4.69) is 10.6 Å². The molecule has 1 atom stereocenters. The maximum atomic E-state index is 12.0. The minimum absolute atomic E-state index is 0.0983. The molecule has 2 amide bonds. The van der Waals surface area contributed by atoms with Gasteiger partial charge in [0, 0.05) is 16.8 Å². The summed E-state index contributed by atoms with van der Waals surface area (Å²) < 4.78 is 5.13. The van der Waals surface area contributed by atoms with Crippen LogP contribution in [0.25, 0.3) is 0 Å². The molecule has 23 heavy (non-hydrogen) atoms. The van der Waals surface area contributed by atoms with Crippen LogP contribution in [0.2, 0.25) is 0 Å². The number of aryl methyl sites for hydroxylation is 1. The van der Waals surface area contributed by atoms with E-state index in [0.29, 0.717) is 17.7 Å². The Kier molecular flexibility index (Phi) is 5.54. The minimum atomic E-state index is -0.337. The third kappa shape index (κ3) is 4.20. The van der Waals surface area contributed by atoms with Crippen molar-refractivity contribution in [3.8, 4) is 0 Å². The molecular formula is C17H20N2O4. The predicted molar refractivity (Wildman–Crippen MR) is 86.5 cm³/mol. The first-order valence-electron chi connectivity index (χ1n) is 7.42. The van der Waals surface area contributed by atoms with Gasteiger partial charge in [0.25, 0.3) is 11.8 Å². The van der Waals surface area contributed by atoms with Crippen molar-refractivity contribution in [2.24, 2.45) is 0 Å². The van der Waals surface area contributed by atoms with Gasteiger partial charge in [0.15, 0.2) is 5.76 Å². The van der Waals surface area contributed by atoms with Gasteiger partial charge in [-0.1, -0.05) is 6.92 Å². The van der Waals surface area contributed by atoms with Gasteiger partial charge in [0.2, 0.25) is 0 Å². The van der Waals surface area contributed by atoms with E-state index in [1.165, 1.54) is 6.26 Å². The molecule has 6 heteroatoms. The average Bonchev–Trinajstić information content (AvgIpc) is 2.99. The van der Waals surface area contributed by atoms with Gasteiger partial charge in [-0.25, -0.2) is 0 Å². The number of carbonyl (C=O) groups excluding carboxylic acids is 2. The number of rotatable bonds is 6. The fourth-order valence-electron chi connectivity index (χ4n) is 2.04. The number of amides is 2. The second-order valence-electron chi connectivity index (χ2n) is 5.23. The van der Waals surface area contributed by atoms with Gasteiger partial charge in [0.1, 0.15) is 0 Å². The lowest BCUT2D eigenvalue weighted by Crippen LogP contribution is -2.36. The zero-order valence-electron chi connectivity index (χ0n) is 13.1. The zero-order valence-corrected chi connectivity index (χ0v) is 13.1. The predicted octanol–water partition coefficient (Wildman–Crippen LogP) is 2.34. The molecule has 1 aromatic heterocycles. The molecule has 2 rings (SSSR count). The van der Waals surface area contributed by atoms with E-state index >= 15 is 0 Å². The number of furan rings is 1. The third-order valence-corrected chi connectivity index (χ3v) is 3.52. The van der Waals surface area contributed by atoms with Crippen LogP contribution in [0.15, 0.2) is 41.0 Å². The van der Waals surface area contributed by atoms with Gasteiger partial charge in [-0.3, -0.25) is 9.59 Å². The Morgan fingerprint density at radius 3 is 2.39 bits per heavy atom. The van der Waals surface area contributed by atoms with Crippen LogP contribution in [0.3, 0.4) is 0 Å². The number of aliphatic hydroxyl groups excluding tert-OH is 1. The van der Waals surface area contributed by atoms with Crippen molar-refractivity contribution in [3.63, 3.8) is 0 Å². The Balaban J connectivity index is 2.01. The molecule has 122 valence electrons. The molecule has 6 nitrogen and oxygen atoms in total. The van der Waals surface area contributed by atoms with Crippen LogP contribution in [0, 0.1) is 6.92 Å². The highest BCUT2D eigenvalue weighted by Gasteiger charge is 2.14. The van der Waals surface area contributed by atoms with Gasteiger partial charge < -0.3 is 20.2 Å². The Bertz CT molecular complexity index is 672. The van der Waals surface area contributed by atoms with E-state index < -0.39 is 0 Å². The van der Waals surface area contributed by atoms with Crippen molar-refractivity contribution < 1.29 is 19.1 Å².